The van der Waals surface area contributed by atoms with Crippen LogP contribution in [0.1, 0.15) is 12.0 Å². The molecule has 1 aromatic carbocycles. The molecule has 1 aromatic rings. The standard InChI is InChI=1S/C11H12N2O2/c1-15-9-4-2-8(3-5-9)10-6-7-11(14)13-12-10/h2-6,12H,7H2,1H3,(H,13,14). The van der Waals surface area contributed by atoms with Crippen LogP contribution in [-0.2, 0) is 4.79 Å². The van der Waals surface area contributed by atoms with E-state index in [-0.39, 0.29) is 5.91 Å². The van der Waals surface area contributed by atoms with Crippen LogP contribution in [0.15, 0.2) is 30.3 Å². The molecule has 0 aromatic heterocycles. The minimum atomic E-state index is -0.0211. The fourth-order valence-electron chi connectivity index (χ4n) is 1.39. The lowest BCUT2D eigenvalue weighted by atomic mass is 10.1. The van der Waals surface area contributed by atoms with E-state index in [1.54, 1.807) is 7.11 Å². The molecule has 4 heteroatoms. The predicted molar refractivity (Wildman–Crippen MR) is 56.9 cm³/mol. The number of benzene rings is 1. The number of hydrazine groups is 1. The van der Waals surface area contributed by atoms with E-state index < -0.39 is 0 Å². The van der Waals surface area contributed by atoms with E-state index in [1.165, 1.54) is 0 Å². The quantitative estimate of drug-likeness (QED) is 0.757. The Balaban J connectivity index is 2.19. The number of hydrogen-bond donors (Lipinski definition) is 2. The zero-order valence-corrected chi connectivity index (χ0v) is 8.41. The first-order chi connectivity index (χ1) is 7.29. The topological polar surface area (TPSA) is 50.4 Å². The molecule has 1 aliphatic rings. The van der Waals surface area contributed by atoms with Crippen LogP contribution in [0.3, 0.4) is 0 Å². The highest BCUT2D eigenvalue weighted by Crippen LogP contribution is 2.17. The molecule has 1 amide bonds. The van der Waals surface area contributed by atoms with E-state index in [4.69, 9.17) is 4.74 Å². The van der Waals surface area contributed by atoms with Crippen molar-refractivity contribution in [3.05, 3.63) is 35.9 Å². The predicted octanol–water partition coefficient (Wildman–Crippen LogP) is 1.06. The molecular weight excluding hydrogens is 192 g/mol. The van der Waals surface area contributed by atoms with Crippen molar-refractivity contribution in [3.63, 3.8) is 0 Å². The van der Waals surface area contributed by atoms with Crippen molar-refractivity contribution in [3.8, 4) is 5.75 Å². The number of amides is 1. The van der Waals surface area contributed by atoms with Gasteiger partial charge in [-0.3, -0.25) is 15.6 Å². The monoisotopic (exact) mass is 204 g/mol. The number of nitrogens with one attached hydrogen (secondary N) is 2. The summed E-state index contributed by atoms with van der Waals surface area (Å²) in [5.41, 5.74) is 7.35. The lowest BCUT2D eigenvalue weighted by Gasteiger charge is -2.16. The van der Waals surface area contributed by atoms with E-state index in [0.717, 1.165) is 17.0 Å². The van der Waals surface area contributed by atoms with Gasteiger partial charge in [0.15, 0.2) is 0 Å². The van der Waals surface area contributed by atoms with E-state index in [2.05, 4.69) is 10.9 Å². The fraction of sp³-hybridized carbons (Fsp3) is 0.182. The summed E-state index contributed by atoms with van der Waals surface area (Å²) in [7, 11) is 1.63. The summed E-state index contributed by atoms with van der Waals surface area (Å²) >= 11 is 0. The van der Waals surface area contributed by atoms with Gasteiger partial charge in [-0.2, -0.15) is 0 Å². The van der Waals surface area contributed by atoms with Gasteiger partial charge in [0.1, 0.15) is 5.75 Å². The van der Waals surface area contributed by atoms with Crippen molar-refractivity contribution in [1.82, 2.24) is 10.9 Å². The first-order valence-corrected chi connectivity index (χ1v) is 4.69. The second-order valence-electron chi connectivity index (χ2n) is 3.22. The third-order valence-electron chi connectivity index (χ3n) is 2.23. The van der Waals surface area contributed by atoms with Gasteiger partial charge in [0.2, 0.25) is 5.91 Å². The molecular formula is C11H12N2O2. The molecule has 0 aliphatic carbocycles. The third kappa shape index (κ3) is 2.10. The first-order valence-electron chi connectivity index (χ1n) is 4.69. The fourth-order valence-corrected chi connectivity index (χ4v) is 1.39. The summed E-state index contributed by atoms with van der Waals surface area (Å²) in [5.74, 6) is 0.798. The van der Waals surface area contributed by atoms with Gasteiger partial charge in [0.25, 0.3) is 0 Å². The number of hydrogen-bond acceptors (Lipinski definition) is 3. The maximum absolute atomic E-state index is 10.9. The van der Waals surface area contributed by atoms with Gasteiger partial charge in [0.05, 0.1) is 12.8 Å². The summed E-state index contributed by atoms with van der Waals surface area (Å²) in [5, 5.41) is 0. The van der Waals surface area contributed by atoms with Crippen molar-refractivity contribution >= 4 is 11.6 Å². The van der Waals surface area contributed by atoms with E-state index >= 15 is 0 Å². The Kier molecular flexibility index (Phi) is 2.58. The Hall–Kier alpha value is -1.97. The van der Waals surface area contributed by atoms with Gasteiger partial charge in [-0.25, -0.2) is 0 Å². The van der Waals surface area contributed by atoms with Crippen molar-refractivity contribution < 1.29 is 9.53 Å². The molecule has 1 aliphatic heterocycles. The molecule has 0 saturated heterocycles. The minimum Gasteiger partial charge on any atom is -0.497 e. The molecule has 2 rings (SSSR count). The first kappa shape index (κ1) is 9.58. The van der Waals surface area contributed by atoms with E-state index in [0.29, 0.717) is 6.42 Å². The molecule has 78 valence electrons. The number of carbonyl (C=O) groups is 1. The Labute approximate surface area is 87.9 Å². The average Bonchev–Trinajstić information content (AvgIpc) is 2.30. The SMILES string of the molecule is COc1ccc(C2=CCC(=O)NN2)cc1. The van der Waals surface area contributed by atoms with Crippen LogP contribution in [0.25, 0.3) is 5.70 Å². The van der Waals surface area contributed by atoms with Crippen LogP contribution in [0, 0.1) is 0 Å². The highest BCUT2D eigenvalue weighted by Gasteiger charge is 2.09. The molecule has 0 fully saturated rings. The normalized spacial score (nSPS) is 15.0. The Morgan fingerprint density at radius 3 is 2.47 bits per heavy atom. The molecule has 0 atom stereocenters. The molecule has 0 saturated carbocycles. The van der Waals surface area contributed by atoms with Crippen molar-refractivity contribution in [2.75, 3.05) is 7.11 Å². The Morgan fingerprint density at radius 2 is 1.93 bits per heavy atom. The largest absolute Gasteiger partial charge is 0.497 e. The molecule has 15 heavy (non-hydrogen) atoms. The molecule has 4 nitrogen and oxygen atoms in total. The zero-order chi connectivity index (χ0) is 10.7. The van der Waals surface area contributed by atoms with E-state index in [9.17, 15) is 4.79 Å². The lowest BCUT2D eigenvalue weighted by Crippen LogP contribution is -2.38. The van der Waals surface area contributed by atoms with Gasteiger partial charge >= 0.3 is 0 Å². The van der Waals surface area contributed by atoms with Gasteiger partial charge in [0, 0.05) is 6.42 Å². The second-order valence-corrected chi connectivity index (χ2v) is 3.22. The molecule has 0 unspecified atom stereocenters. The summed E-state index contributed by atoms with van der Waals surface area (Å²) in [6.07, 6.45) is 2.27. The van der Waals surface area contributed by atoms with Crippen LogP contribution < -0.4 is 15.6 Å². The summed E-state index contributed by atoms with van der Waals surface area (Å²) in [6, 6.07) is 7.65. The maximum atomic E-state index is 10.9. The van der Waals surface area contributed by atoms with Crippen LogP contribution in [0.5, 0.6) is 5.75 Å². The smallest absolute Gasteiger partial charge is 0.242 e. The minimum absolute atomic E-state index is 0.0211. The maximum Gasteiger partial charge on any atom is 0.242 e. The number of carbonyl (C=O) groups excluding carboxylic acids is 1. The van der Waals surface area contributed by atoms with Crippen molar-refractivity contribution in [2.45, 2.75) is 6.42 Å². The van der Waals surface area contributed by atoms with Crippen LogP contribution >= 0.6 is 0 Å². The molecule has 0 radical (unpaired) electrons. The highest BCUT2D eigenvalue weighted by molar-refractivity contribution is 5.83. The zero-order valence-electron chi connectivity index (χ0n) is 8.41. The number of methoxy groups -OCH3 is 1. The van der Waals surface area contributed by atoms with Gasteiger partial charge in [-0.05, 0) is 35.9 Å². The van der Waals surface area contributed by atoms with Crippen LogP contribution in [0.2, 0.25) is 0 Å². The lowest BCUT2D eigenvalue weighted by molar-refractivity contribution is -0.121. The highest BCUT2D eigenvalue weighted by atomic mass is 16.5. The number of ether oxygens (including phenoxy) is 1. The van der Waals surface area contributed by atoms with Gasteiger partial charge in [-0.1, -0.05) is 0 Å². The van der Waals surface area contributed by atoms with Crippen LogP contribution in [0.4, 0.5) is 0 Å². The van der Waals surface area contributed by atoms with Crippen molar-refractivity contribution in [1.29, 1.82) is 0 Å². The third-order valence-corrected chi connectivity index (χ3v) is 2.23. The molecule has 0 bridgehead atoms. The summed E-state index contributed by atoms with van der Waals surface area (Å²) in [4.78, 5) is 10.9. The van der Waals surface area contributed by atoms with E-state index in [1.807, 2.05) is 30.3 Å². The second kappa shape index (κ2) is 4.04. The Morgan fingerprint density at radius 1 is 1.20 bits per heavy atom. The van der Waals surface area contributed by atoms with Crippen molar-refractivity contribution in [2.24, 2.45) is 0 Å². The summed E-state index contributed by atoms with van der Waals surface area (Å²) < 4.78 is 5.06. The van der Waals surface area contributed by atoms with Crippen LogP contribution in [-0.4, -0.2) is 13.0 Å². The van der Waals surface area contributed by atoms with Gasteiger partial charge in [-0.15, -0.1) is 0 Å². The molecule has 2 N–H and O–H groups in total. The number of rotatable bonds is 2. The van der Waals surface area contributed by atoms with Gasteiger partial charge < -0.3 is 4.74 Å². The molecule has 1 heterocycles. The summed E-state index contributed by atoms with van der Waals surface area (Å²) in [6.45, 7) is 0. The molecule has 0 spiro atoms. The Bertz CT molecular complexity index is 396. The average molecular weight is 204 g/mol.